The second-order valence-electron chi connectivity index (χ2n) is 4.60. The topological polar surface area (TPSA) is 75.4 Å². The van der Waals surface area contributed by atoms with Gasteiger partial charge in [-0.1, -0.05) is 37.6 Å². The summed E-state index contributed by atoms with van der Waals surface area (Å²) in [7, 11) is 0. The summed E-state index contributed by atoms with van der Waals surface area (Å²) < 4.78 is 0. The molecule has 0 aliphatic rings. The van der Waals surface area contributed by atoms with E-state index in [2.05, 4.69) is 12.2 Å². The van der Waals surface area contributed by atoms with Gasteiger partial charge in [0.2, 0.25) is 0 Å². The maximum Gasteiger partial charge on any atom is 0.259 e. The number of hydrogen-bond acceptors (Lipinski definition) is 3. The molecule has 0 unspecified atom stereocenters. The highest BCUT2D eigenvalue weighted by molar-refractivity contribution is 6.07. The minimum Gasteiger partial charge on any atom is -0.505 e. The van der Waals surface area contributed by atoms with Crippen LogP contribution in [0, 0.1) is 0 Å². The Morgan fingerprint density at radius 1 is 1.20 bits per heavy atom. The fourth-order valence-electron chi connectivity index (χ4n) is 2.06. The molecule has 0 atom stereocenters. The number of carbonyl (C=O) groups is 1. The molecule has 0 bridgehead atoms. The van der Waals surface area contributed by atoms with Crippen molar-refractivity contribution >= 4 is 17.3 Å². The summed E-state index contributed by atoms with van der Waals surface area (Å²) in [6.07, 6.45) is 1.88. The van der Waals surface area contributed by atoms with Crippen molar-refractivity contribution in [1.29, 1.82) is 0 Å². The summed E-state index contributed by atoms with van der Waals surface area (Å²) in [5.41, 5.74) is 7.81. The second-order valence-corrected chi connectivity index (χ2v) is 4.60. The third-order valence-corrected chi connectivity index (χ3v) is 3.10. The Hall–Kier alpha value is -2.49. The monoisotopic (exact) mass is 270 g/mol. The SMILES string of the molecule is CCCc1ccccc1NC(=O)c1cccc(N)c1O. The number of carbonyl (C=O) groups excluding carboxylic acids is 1. The van der Waals surface area contributed by atoms with Crippen LogP contribution in [0.2, 0.25) is 0 Å². The first-order valence-corrected chi connectivity index (χ1v) is 6.60. The summed E-state index contributed by atoms with van der Waals surface area (Å²) in [6, 6.07) is 12.4. The molecule has 1 amide bonds. The summed E-state index contributed by atoms with van der Waals surface area (Å²) in [5.74, 6) is -0.545. The minimum absolute atomic E-state index is 0.177. The predicted octanol–water partition coefficient (Wildman–Crippen LogP) is 3.18. The van der Waals surface area contributed by atoms with Gasteiger partial charge in [-0.05, 0) is 30.2 Å². The molecule has 2 aromatic carbocycles. The van der Waals surface area contributed by atoms with Gasteiger partial charge in [0.05, 0.1) is 11.3 Å². The van der Waals surface area contributed by atoms with E-state index in [0.717, 1.165) is 24.1 Å². The second kappa shape index (κ2) is 6.10. The normalized spacial score (nSPS) is 10.2. The first-order chi connectivity index (χ1) is 9.63. The number of phenolic OH excluding ortho intramolecular Hbond substituents is 1. The first-order valence-electron chi connectivity index (χ1n) is 6.60. The summed E-state index contributed by atoms with van der Waals surface area (Å²) in [4.78, 5) is 12.2. The fraction of sp³-hybridized carbons (Fsp3) is 0.188. The van der Waals surface area contributed by atoms with E-state index in [1.54, 1.807) is 18.2 Å². The van der Waals surface area contributed by atoms with Gasteiger partial charge < -0.3 is 16.2 Å². The lowest BCUT2D eigenvalue weighted by Crippen LogP contribution is -2.14. The highest BCUT2D eigenvalue weighted by atomic mass is 16.3. The Balaban J connectivity index is 2.26. The number of aryl methyl sites for hydroxylation is 1. The zero-order chi connectivity index (χ0) is 14.5. The van der Waals surface area contributed by atoms with Crippen LogP contribution in [-0.2, 0) is 6.42 Å². The van der Waals surface area contributed by atoms with Gasteiger partial charge in [-0.15, -0.1) is 0 Å². The largest absolute Gasteiger partial charge is 0.505 e. The van der Waals surface area contributed by atoms with Crippen molar-refractivity contribution in [2.45, 2.75) is 19.8 Å². The van der Waals surface area contributed by atoms with Crippen molar-refractivity contribution in [3.8, 4) is 5.75 Å². The van der Waals surface area contributed by atoms with Crippen LogP contribution in [0.3, 0.4) is 0 Å². The number of benzene rings is 2. The Labute approximate surface area is 118 Å². The Morgan fingerprint density at radius 2 is 1.95 bits per heavy atom. The number of para-hydroxylation sites is 2. The average Bonchev–Trinajstić information content (AvgIpc) is 2.44. The highest BCUT2D eigenvalue weighted by Crippen LogP contribution is 2.26. The molecule has 0 saturated heterocycles. The number of nitrogen functional groups attached to an aromatic ring is 1. The molecule has 2 rings (SSSR count). The minimum atomic E-state index is -0.363. The standard InChI is InChI=1S/C16H18N2O2/c1-2-6-11-7-3-4-10-14(11)18-16(20)12-8-5-9-13(17)15(12)19/h3-5,7-10,19H,2,6,17H2,1H3,(H,18,20). The van der Waals surface area contributed by atoms with E-state index in [4.69, 9.17) is 5.73 Å². The van der Waals surface area contributed by atoms with Crippen LogP contribution in [0.5, 0.6) is 5.75 Å². The lowest BCUT2D eigenvalue weighted by molar-refractivity contribution is 0.102. The molecule has 0 radical (unpaired) electrons. The lowest BCUT2D eigenvalue weighted by atomic mass is 10.1. The van der Waals surface area contributed by atoms with E-state index in [1.807, 2.05) is 24.3 Å². The molecule has 0 aliphatic carbocycles. The molecule has 0 spiro atoms. The molecule has 4 nitrogen and oxygen atoms in total. The van der Waals surface area contributed by atoms with Crippen molar-refractivity contribution in [2.24, 2.45) is 0 Å². The number of hydrogen-bond donors (Lipinski definition) is 3. The van der Waals surface area contributed by atoms with E-state index in [9.17, 15) is 9.90 Å². The van der Waals surface area contributed by atoms with Crippen LogP contribution in [0.25, 0.3) is 0 Å². The van der Waals surface area contributed by atoms with Crippen LogP contribution >= 0.6 is 0 Å². The van der Waals surface area contributed by atoms with Gasteiger partial charge in [0.1, 0.15) is 0 Å². The van der Waals surface area contributed by atoms with Crippen molar-refractivity contribution < 1.29 is 9.90 Å². The van der Waals surface area contributed by atoms with Gasteiger partial charge in [-0.2, -0.15) is 0 Å². The number of anilines is 2. The Morgan fingerprint density at radius 3 is 2.70 bits per heavy atom. The summed E-state index contributed by atoms with van der Waals surface area (Å²) >= 11 is 0. The van der Waals surface area contributed by atoms with Crippen LogP contribution < -0.4 is 11.1 Å². The number of phenols is 1. The molecule has 0 fully saturated rings. The molecule has 4 heteroatoms. The van der Waals surface area contributed by atoms with E-state index < -0.39 is 0 Å². The van der Waals surface area contributed by atoms with Crippen LogP contribution in [0.4, 0.5) is 11.4 Å². The lowest BCUT2D eigenvalue weighted by Gasteiger charge is -2.11. The molecule has 20 heavy (non-hydrogen) atoms. The maximum absolute atomic E-state index is 12.2. The van der Waals surface area contributed by atoms with Gasteiger partial charge in [0, 0.05) is 5.69 Å². The van der Waals surface area contributed by atoms with Gasteiger partial charge in [-0.3, -0.25) is 4.79 Å². The van der Waals surface area contributed by atoms with Gasteiger partial charge >= 0.3 is 0 Å². The zero-order valence-electron chi connectivity index (χ0n) is 11.4. The van der Waals surface area contributed by atoms with E-state index in [1.165, 1.54) is 0 Å². The van der Waals surface area contributed by atoms with Crippen molar-refractivity contribution in [3.05, 3.63) is 53.6 Å². The van der Waals surface area contributed by atoms with Gasteiger partial charge in [0.25, 0.3) is 5.91 Å². The number of aromatic hydroxyl groups is 1. The van der Waals surface area contributed by atoms with E-state index in [0.29, 0.717) is 0 Å². The summed E-state index contributed by atoms with van der Waals surface area (Å²) in [5, 5.41) is 12.7. The molecule has 0 aliphatic heterocycles. The maximum atomic E-state index is 12.2. The third kappa shape index (κ3) is 2.91. The Bertz CT molecular complexity index is 624. The van der Waals surface area contributed by atoms with Gasteiger partial charge in [-0.25, -0.2) is 0 Å². The van der Waals surface area contributed by atoms with E-state index in [-0.39, 0.29) is 22.9 Å². The number of nitrogens with two attached hydrogens (primary N) is 1. The van der Waals surface area contributed by atoms with Crippen molar-refractivity contribution in [3.63, 3.8) is 0 Å². The molecule has 0 heterocycles. The van der Waals surface area contributed by atoms with Crippen LogP contribution in [0.1, 0.15) is 29.3 Å². The van der Waals surface area contributed by atoms with Crippen molar-refractivity contribution in [1.82, 2.24) is 0 Å². The predicted molar refractivity (Wildman–Crippen MR) is 80.9 cm³/mol. The van der Waals surface area contributed by atoms with E-state index >= 15 is 0 Å². The average molecular weight is 270 g/mol. The zero-order valence-corrected chi connectivity index (χ0v) is 11.4. The van der Waals surface area contributed by atoms with Crippen molar-refractivity contribution in [2.75, 3.05) is 11.1 Å². The number of rotatable bonds is 4. The fourth-order valence-corrected chi connectivity index (χ4v) is 2.06. The first kappa shape index (κ1) is 13.9. The molecule has 0 saturated carbocycles. The molecule has 2 aromatic rings. The van der Waals surface area contributed by atoms with Crippen LogP contribution in [0.15, 0.2) is 42.5 Å². The smallest absolute Gasteiger partial charge is 0.259 e. The number of nitrogens with one attached hydrogen (secondary N) is 1. The van der Waals surface area contributed by atoms with Gasteiger partial charge in [0.15, 0.2) is 5.75 Å². The molecular formula is C16H18N2O2. The quantitative estimate of drug-likeness (QED) is 0.590. The third-order valence-electron chi connectivity index (χ3n) is 3.10. The molecule has 4 N–H and O–H groups in total. The Kier molecular flexibility index (Phi) is 4.25. The van der Waals surface area contributed by atoms with Crippen LogP contribution in [-0.4, -0.2) is 11.0 Å². The molecule has 0 aromatic heterocycles. The highest BCUT2D eigenvalue weighted by Gasteiger charge is 2.14. The number of amides is 1. The molecular weight excluding hydrogens is 252 g/mol. The molecule has 104 valence electrons. The summed E-state index contributed by atoms with van der Waals surface area (Å²) in [6.45, 7) is 2.09.